The second kappa shape index (κ2) is 6.53. The van der Waals surface area contributed by atoms with Crippen LogP contribution in [0, 0.1) is 0 Å². The SMILES string of the molecule is CC1(NC(=O)c2cccc(-c3cncc(C(N)=O)c3)c2)CCS(=O)(=O)C1. The van der Waals surface area contributed by atoms with Gasteiger partial charge in [-0.05, 0) is 37.1 Å². The van der Waals surface area contributed by atoms with Crippen LogP contribution in [0.15, 0.2) is 42.7 Å². The highest BCUT2D eigenvalue weighted by molar-refractivity contribution is 7.91. The number of nitrogens with two attached hydrogens (primary N) is 1. The average Bonchev–Trinajstić information content (AvgIpc) is 2.88. The van der Waals surface area contributed by atoms with E-state index in [1.54, 1.807) is 43.5 Å². The van der Waals surface area contributed by atoms with Crippen molar-refractivity contribution >= 4 is 21.7 Å². The van der Waals surface area contributed by atoms with E-state index in [0.717, 1.165) is 0 Å². The Morgan fingerprint density at radius 2 is 1.88 bits per heavy atom. The van der Waals surface area contributed by atoms with Crippen LogP contribution in [0.3, 0.4) is 0 Å². The van der Waals surface area contributed by atoms with Crippen molar-refractivity contribution < 1.29 is 18.0 Å². The molecule has 26 heavy (non-hydrogen) atoms. The zero-order chi connectivity index (χ0) is 18.9. The van der Waals surface area contributed by atoms with Crippen LogP contribution < -0.4 is 11.1 Å². The van der Waals surface area contributed by atoms with Gasteiger partial charge in [0.15, 0.2) is 9.84 Å². The Balaban J connectivity index is 1.84. The van der Waals surface area contributed by atoms with E-state index in [2.05, 4.69) is 10.3 Å². The second-order valence-electron chi connectivity index (χ2n) is 6.76. The molecule has 1 aromatic carbocycles. The molecule has 2 aromatic rings. The first-order chi connectivity index (χ1) is 12.2. The fraction of sp³-hybridized carbons (Fsp3) is 0.278. The zero-order valence-corrected chi connectivity index (χ0v) is 15.0. The van der Waals surface area contributed by atoms with Gasteiger partial charge in [-0.3, -0.25) is 14.6 Å². The van der Waals surface area contributed by atoms with Gasteiger partial charge in [-0.25, -0.2) is 8.42 Å². The minimum atomic E-state index is -3.11. The summed E-state index contributed by atoms with van der Waals surface area (Å²) in [6.07, 6.45) is 3.35. The molecule has 2 amide bonds. The number of sulfone groups is 1. The molecule has 0 spiro atoms. The van der Waals surface area contributed by atoms with Crippen molar-refractivity contribution in [2.24, 2.45) is 5.73 Å². The molecule has 136 valence electrons. The van der Waals surface area contributed by atoms with Gasteiger partial charge in [-0.15, -0.1) is 0 Å². The monoisotopic (exact) mass is 373 g/mol. The molecule has 0 aliphatic carbocycles. The largest absolute Gasteiger partial charge is 0.366 e. The molecular formula is C18H19N3O4S. The van der Waals surface area contributed by atoms with Gasteiger partial charge in [0, 0.05) is 23.5 Å². The molecule has 1 atom stereocenters. The second-order valence-corrected chi connectivity index (χ2v) is 8.95. The van der Waals surface area contributed by atoms with Crippen molar-refractivity contribution in [3.63, 3.8) is 0 Å². The number of benzene rings is 1. The van der Waals surface area contributed by atoms with Gasteiger partial charge in [0.2, 0.25) is 5.91 Å². The van der Waals surface area contributed by atoms with Crippen LogP contribution in [0.25, 0.3) is 11.1 Å². The van der Waals surface area contributed by atoms with Crippen LogP contribution in [0.2, 0.25) is 0 Å². The lowest BCUT2D eigenvalue weighted by atomic mass is 9.99. The fourth-order valence-electron chi connectivity index (χ4n) is 3.03. The molecule has 1 fully saturated rings. The summed E-state index contributed by atoms with van der Waals surface area (Å²) >= 11 is 0. The van der Waals surface area contributed by atoms with Gasteiger partial charge in [0.05, 0.1) is 22.6 Å². The van der Waals surface area contributed by atoms with E-state index in [1.165, 1.54) is 6.20 Å². The van der Waals surface area contributed by atoms with Crippen molar-refractivity contribution in [1.29, 1.82) is 0 Å². The summed E-state index contributed by atoms with van der Waals surface area (Å²) < 4.78 is 23.4. The zero-order valence-electron chi connectivity index (χ0n) is 14.2. The molecule has 7 nitrogen and oxygen atoms in total. The smallest absolute Gasteiger partial charge is 0.251 e. The number of carbonyl (C=O) groups excluding carboxylic acids is 2. The van der Waals surface area contributed by atoms with E-state index in [0.29, 0.717) is 23.1 Å². The highest BCUT2D eigenvalue weighted by Crippen LogP contribution is 2.24. The highest BCUT2D eigenvalue weighted by atomic mass is 32.2. The van der Waals surface area contributed by atoms with Gasteiger partial charge < -0.3 is 11.1 Å². The molecular weight excluding hydrogens is 354 g/mol. The maximum absolute atomic E-state index is 12.6. The normalized spacial score (nSPS) is 21.3. The van der Waals surface area contributed by atoms with Crippen molar-refractivity contribution in [2.75, 3.05) is 11.5 Å². The summed E-state index contributed by atoms with van der Waals surface area (Å²) in [7, 11) is -3.11. The number of primary amides is 1. The summed E-state index contributed by atoms with van der Waals surface area (Å²) in [5, 5.41) is 2.83. The van der Waals surface area contributed by atoms with E-state index in [-0.39, 0.29) is 23.0 Å². The Morgan fingerprint density at radius 1 is 1.15 bits per heavy atom. The van der Waals surface area contributed by atoms with Gasteiger partial charge in [-0.2, -0.15) is 0 Å². The molecule has 1 unspecified atom stereocenters. The Hall–Kier alpha value is -2.74. The third kappa shape index (κ3) is 3.91. The van der Waals surface area contributed by atoms with Crippen molar-refractivity contribution in [3.8, 4) is 11.1 Å². The minimum Gasteiger partial charge on any atom is -0.366 e. The van der Waals surface area contributed by atoms with Crippen LogP contribution in [-0.2, 0) is 9.84 Å². The van der Waals surface area contributed by atoms with Gasteiger partial charge in [0.1, 0.15) is 0 Å². The third-order valence-electron chi connectivity index (χ3n) is 4.40. The van der Waals surface area contributed by atoms with Crippen LogP contribution in [0.5, 0.6) is 0 Å². The molecule has 1 aliphatic rings. The Bertz CT molecular complexity index is 987. The quantitative estimate of drug-likeness (QED) is 0.833. The molecule has 3 rings (SSSR count). The van der Waals surface area contributed by atoms with Crippen LogP contribution in [0.1, 0.15) is 34.1 Å². The number of carbonyl (C=O) groups is 2. The predicted octanol–water partition coefficient (Wildman–Crippen LogP) is 1.15. The Morgan fingerprint density at radius 3 is 2.54 bits per heavy atom. The molecule has 1 aliphatic heterocycles. The third-order valence-corrected chi connectivity index (χ3v) is 6.30. The van der Waals surface area contributed by atoms with Crippen LogP contribution in [-0.4, -0.2) is 42.3 Å². The Labute approximate surface area is 151 Å². The van der Waals surface area contributed by atoms with E-state index >= 15 is 0 Å². The number of amides is 2. The van der Waals surface area contributed by atoms with Crippen LogP contribution >= 0.6 is 0 Å². The first kappa shape index (κ1) is 18.1. The summed E-state index contributed by atoms with van der Waals surface area (Å²) in [5.74, 6) is -0.903. The summed E-state index contributed by atoms with van der Waals surface area (Å²) in [5.41, 5.74) is 6.55. The van der Waals surface area contributed by atoms with Gasteiger partial charge >= 0.3 is 0 Å². The number of hydrogen-bond acceptors (Lipinski definition) is 5. The Kier molecular flexibility index (Phi) is 4.53. The topological polar surface area (TPSA) is 119 Å². The summed E-state index contributed by atoms with van der Waals surface area (Å²) in [6.45, 7) is 1.74. The van der Waals surface area contributed by atoms with E-state index in [9.17, 15) is 18.0 Å². The number of rotatable bonds is 4. The summed E-state index contributed by atoms with van der Waals surface area (Å²) in [4.78, 5) is 27.9. The maximum atomic E-state index is 12.6. The van der Waals surface area contributed by atoms with Gasteiger partial charge in [-0.1, -0.05) is 12.1 Å². The number of nitrogens with zero attached hydrogens (tertiary/aromatic N) is 1. The molecule has 8 heteroatoms. The maximum Gasteiger partial charge on any atom is 0.251 e. The van der Waals surface area contributed by atoms with Crippen molar-refractivity contribution in [1.82, 2.24) is 10.3 Å². The standard InChI is InChI=1S/C18H19N3O4S/c1-18(5-6-26(24,25)11-18)21-17(23)13-4-2-3-12(7-13)14-8-15(16(19)22)10-20-9-14/h2-4,7-10H,5-6,11H2,1H3,(H2,19,22)(H,21,23). The number of hydrogen-bond donors (Lipinski definition) is 2. The highest BCUT2D eigenvalue weighted by Gasteiger charge is 2.39. The predicted molar refractivity (Wildman–Crippen MR) is 97.3 cm³/mol. The van der Waals surface area contributed by atoms with E-state index < -0.39 is 21.3 Å². The van der Waals surface area contributed by atoms with Gasteiger partial charge in [0.25, 0.3) is 5.91 Å². The molecule has 1 aromatic heterocycles. The molecule has 0 radical (unpaired) electrons. The summed E-state index contributed by atoms with van der Waals surface area (Å²) in [6, 6.07) is 8.44. The first-order valence-corrected chi connectivity index (χ1v) is 9.88. The first-order valence-electron chi connectivity index (χ1n) is 8.06. The molecule has 3 N–H and O–H groups in total. The lowest BCUT2D eigenvalue weighted by molar-refractivity contribution is 0.0914. The van der Waals surface area contributed by atoms with Crippen molar-refractivity contribution in [3.05, 3.63) is 53.9 Å². The average molecular weight is 373 g/mol. The van der Waals surface area contributed by atoms with E-state index in [1.807, 2.05) is 0 Å². The number of nitrogens with one attached hydrogen (secondary N) is 1. The fourth-order valence-corrected chi connectivity index (χ4v) is 5.12. The lowest BCUT2D eigenvalue weighted by Crippen LogP contribution is -2.46. The molecule has 1 saturated heterocycles. The number of pyridine rings is 1. The molecule has 0 saturated carbocycles. The lowest BCUT2D eigenvalue weighted by Gasteiger charge is -2.24. The van der Waals surface area contributed by atoms with Crippen molar-refractivity contribution in [2.45, 2.75) is 18.9 Å². The molecule has 2 heterocycles. The molecule has 0 bridgehead atoms. The van der Waals surface area contributed by atoms with E-state index in [4.69, 9.17) is 5.73 Å². The van der Waals surface area contributed by atoms with Crippen LogP contribution in [0.4, 0.5) is 0 Å². The number of aromatic nitrogens is 1. The minimum absolute atomic E-state index is 0.0595.